The fourth-order valence-corrected chi connectivity index (χ4v) is 3.59. The number of carbonyl (C=O) groups is 1. The highest BCUT2D eigenvalue weighted by Gasteiger charge is 2.26. The number of nitrogens with zero attached hydrogens (tertiary/aromatic N) is 1. The summed E-state index contributed by atoms with van der Waals surface area (Å²) in [5, 5.41) is 2.53. The van der Waals surface area contributed by atoms with Crippen molar-refractivity contribution in [3.05, 3.63) is 20.8 Å². The summed E-state index contributed by atoms with van der Waals surface area (Å²) in [7, 11) is 0. The first-order valence-corrected chi connectivity index (χ1v) is 7.51. The van der Waals surface area contributed by atoms with E-state index in [1.54, 1.807) is 0 Å². The maximum Gasteiger partial charge on any atom is 0.265 e. The molecule has 1 unspecified atom stereocenters. The average molecular weight is 292 g/mol. The molecule has 0 aromatic carbocycles. The molecule has 1 aliphatic heterocycles. The molecule has 1 amide bonds. The summed E-state index contributed by atoms with van der Waals surface area (Å²) >= 11 is 13.4. The summed E-state index contributed by atoms with van der Waals surface area (Å²) in [6, 6.07) is 0. The maximum absolute atomic E-state index is 12.3. The SMILES string of the molecule is Cc1csc(C(=O)N2CCCC(CCl)C2)c1Cl. The molecule has 1 saturated heterocycles. The Balaban J connectivity index is 2.12. The molecule has 0 bridgehead atoms. The minimum atomic E-state index is 0.0583. The summed E-state index contributed by atoms with van der Waals surface area (Å²) in [5.74, 6) is 1.11. The van der Waals surface area contributed by atoms with Crippen molar-refractivity contribution in [1.82, 2.24) is 4.90 Å². The zero-order valence-corrected chi connectivity index (χ0v) is 12.0. The Morgan fingerprint density at radius 1 is 1.65 bits per heavy atom. The lowest BCUT2D eigenvalue weighted by Gasteiger charge is -2.31. The van der Waals surface area contributed by atoms with E-state index >= 15 is 0 Å². The zero-order valence-electron chi connectivity index (χ0n) is 9.71. The van der Waals surface area contributed by atoms with Crippen LogP contribution in [-0.4, -0.2) is 29.8 Å². The molecule has 2 heterocycles. The summed E-state index contributed by atoms with van der Waals surface area (Å²) < 4.78 is 0. The largest absolute Gasteiger partial charge is 0.338 e. The summed E-state index contributed by atoms with van der Waals surface area (Å²) in [6.07, 6.45) is 2.15. The second-order valence-corrected chi connectivity index (χ2v) is 6.04. The molecule has 0 saturated carbocycles. The monoisotopic (exact) mass is 291 g/mol. The lowest BCUT2D eigenvalue weighted by molar-refractivity contribution is 0.0690. The van der Waals surface area contributed by atoms with Gasteiger partial charge >= 0.3 is 0 Å². The van der Waals surface area contributed by atoms with E-state index in [0.717, 1.165) is 31.5 Å². The third-order valence-corrected chi connectivity index (χ3v) is 5.24. The molecule has 1 atom stereocenters. The minimum absolute atomic E-state index is 0.0583. The van der Waals surface area contributed by atoms with E-state index < -0.39 is 0 Å². The second-order valence-electron chi connectivity index (χ2n) is 4.48. The van der Waals surface area contributed by atoms with Crippen molar-refractivity contribution < 1.29 is 4.79 Å². The number of aryl methyl sites for hydroxylation is 1. The van der Waals surface area contributed by atoms with Crippen LogP contribution >= 0.6 is 34.5 Å². The Labute approximate surface area is 116 Å². The predicted octanol–water partition coefficient (Wildman–Crippen LogP) is 3.80. The fourth-order valence-electron chi connectivity index (χ4n) is 2.09. The topological polar surface area (TPSA) is 20.3 Å². The number of thiophene rings is 1. The van der Waals surface area contributed by atoms with E-state index in [-0.39, 0.29) is 5.91 Å². The van der Waals surface area contributed by atoms with E-state index in [4.69, 9.17) is 23.2 Å². The first kappa shape index (κ1) is 13.2. The standard InChI is InChI=1S/C12H15Cl2NOS/c1-8-7-17-11(10(8)14)12(16)15-4-2-3-9(5-13)6-15/h7,9H,2-6H2,1H3. The molecule has 0 spiro atoms. The molecular formula is C12H15Cl2NOS. The van der Waals surface area contributed by atoms with Gasteiger partial charge in [-0.25, -0.2) is 0 Å². The van der Waals surface area contributed by atoms with Gasteiger partial charge in [0.15, 0.2) is 0 Å². The first-order valence-electron chi connectivity index (χ1n) is 5.72. The molecule has 2 rings (SSSR count). The smallest absolute Gasteiger partial charge is 0.265 e. The van der Waals surface area contributed by atoms with Crippen LogP contribution in [0.3, 0.4) is 0 Å². The van der Waals surface area contributed by atoms with Crippen LogP contribution in [0.15, 0.2) is 5.38 Å². The van der Waals surface area contributed by atoms with E-state index in [1.165, 1.54) is 11.3 Å². The van der Waals surface area contributed by atoms with Gasteiger partial charge in [0.25, 0.3) is 5.91 Å². The van der Waals surface area contributed by atoms with E-state index in [1.807, 2.05) is 17.2 Å². The number of hydrogen-bond donors (Lipinski definition) is 0. The van der Waals surface area contributed by atoms with Crippen LogP contribution in [0, 0.1) is 12.8 Å². The summed E-state index contributed by atoms with van der Waals surface area (Å²) in [4.78, 5) is 14.9. The highest BCUT2D eigenvalue weighted by Crippen LogP contribution is 2.29. The van der Waals surface area contributed by atoms with Crippen molar-refractivity contribution in [1.29, 1.82) is 0 Å². The van der Waals surface area contributed by atoms with Gasteiger partial charge in [0, 0.05) is 19.0 Å². The number of rotatable bonds is 2. The van der Waals surface area contributed by atoms with Crippen LogP contribution in [0.5, 0.6) is 0 Å². The summed E-state index contributed by atoms with van der Waals surface area (Å²) in [6.45, 7) is 3.50. The van der Waals surface area contributed by atoms with Crippen LogP contribution in [0.4, 0.5) is 0 Å². The van der Waals surface area contributed by atoms with Crippen molar-refractivity contribution >= 4 is 40.4 Å². The van der Waals surface area contributed by atoms with E-state index in [0.29, 0.717) is 21.7 Å². The van der Waals surface area contributed by atoms with Gasteiger partial charge < -0.3 is 4.90 Å². The quantitative estimate of drug-likeness (QED) is 0.759. The molecule has 5 heteroatoms. The van der Waals surface area contributed by atoms with E-state index in [2.05, 4.69) is 0 Å². The molecule has 2 nitrogen and oxygen atoms in total. The van der Waals surface area contributed by atoms with Gasteiger partial charge in [-0.2, -0.15) is 0 Å². The molecular weight excluding hydrogens is 277 g/mol. The molecule has 1 fully saturated rings. The minimum Gasteiger partial charge on any atom is -0.338 e. The number of halogens is 2. The second kappa shape index (κ2) is 5.59. The van der Waals surface area contributed by atoms with Crippen molar-refractivity contribution in [2.45, 2.75) is 19.8 Å². The summed E-state index contributed by atoms with van der Waals surface area (Å²) in [5.41, 5.74) is 0.978. The van der Waals surface area contributed by atoms with Gasteiger partial charge in [0.1, 0.15) is 4.88 Å². The van der Waals surface area contributed by atoms with Gasteiger partial charge in [0.05, 0.1) is 5.02 Å². The predicted molar refractivity (Wildman–Crippen MR) is 73.4 cm³/mol. The Hall–Kier alpha value is -0.250. The Morgan fingerprint density at radius 3 is 3.00 bits per heavy atom. The Bertz CT molecular complexity index is 419. The molecule has 1 aromatic heterocycles. The molecule has 94 valence electrons. The van der Waals surface area contributed by atoms with E-state index in [9.17, 15) is 4.79 Å². The maximum atomic E-state index is 12.3. The van der Waals surface area contributed by atoms with Crippen LogP contribution in [0.2, 0.25) is 5.02 Å². The fraction of sp³-hybridized carbons (Fsp3) is 0.583. The number of likely N-dealkylation sites (tertiary alicyclic amines) is 1. The van der Waals surface area contributed by atoms with Gasteiger partial charge in [-0.1, -0.05) is 11.6 Å². The lowest BCUT2D eigenvalue weighted by atomic mass is 10.00. The van der Waals surface area contributed by atoms with Crippen LogP contribution in [0.1, 0.15) is 28.1 Å². The van der Waals surface area contributed by atoms with Crippen molar-refractivity contribution in [2.24, 2.45) is 5.92 Å². The highest BCUT2D eigenvalue weighted by atomic mass is 35.5. The lowest BCUT2D eigenvalue weighted by Crippen LogP contribution is -2.40. The third-order valence-electron chi connectivity index (χ3n) is 3.12. The molecule has 1 aromatic rings. The molecule has 1 aliphatic rings. The molecule has 0 radical (unpaired) electrons. The van der Waals surface area contributed by atoms with Crippen LogP contribution in [0.25, 0.3) is 0 Å². The normalized spacial score (nSPS) is 20.6. The van der Waals surface area contributed by atoms with Gasteiger partial charge in [0.2, 0.25) is 0 Å². The van der Waals surface area contributed by atoms with Gasteiger partial charge in [-0.3, -0.25) is 4.79 Å². The number of hydrogen-bond acceptors (Lipinski definition) is 2. The van der Waals surface area contributed by atoms with Crippen molar-refractivity contribution in [3.63, 3.8) is 0 Å². The van der Waals surface area contributed by atoms with Gasteiger partial charge in [-0.05, 0) is 36.6 Å². The van der Waals surface area contributed by atoms with Crippen molar-refractivity contribution in [3.8, 4) is 0 Å². The van der Waals surface area contributed by atoms with Crippen molar-refractivity contribution in [2.75, 3.05) is 19.0 Å². The number of amides is 1. The molecule has 17 heavy (non-hydrogen) atoms. The zero-order chi connectivity index (χ0) is 12.4. The first-order chi connectivity index (χ1) is 8.13. The van der Waals surface area contributed by atoms with Gasteiger partial charge in [-0.15, -0.1) is 22.9 Å². The van der Waals surface area contributed by atoms with Crippen LogP contribution < -0.4 is 0 Å². The molecule has 0 aliphatic carbocycles. The number of carbonyl (C=O) groups excluding carboxylic acids is 1. The highest BCUT2D eigenvalue weighted by molar-refractivity contribution is 7.13. The van der Waals surface area contributed by atoms with Crippen LogP contribution in [-0.2, 0) is 0 Å². The Kier molecular flexibility index (Phi) is 4.34. The number of alkyl halides is 1. The molecule has 0 N–H and O–H groups in total. The Morgan fingerprint density at radius 2 is 2.41 bits per heavy atom. The average Bonchev–Trinajstić information content (AvgIpc) is 2.69. The third kappa shape index (κ3) is 2.78. The number of piperidine rings is 1.